The van der Waals surface area contributed by atoms with E-state index >= 15 is 0 Å². The Hall–Kier alpha value is -1.46. The van der Waals surface area contributed by atoms with Gasteiger partial charge in [-0.15, -0.1) is 11.3 Å². The average molecular weight is 269 g/mol. The van der Waals surface area contributed by atoms with Crippen molar-refractivity contribution in [2.75, 3.05) is 6.61 Å². The summed E-state index contributed by atoms with van der Waals surface area (Å²) in [5.74, 6) is -0.419. The third-order valence-electron chi connectivity index (χ3n) is 1.92. The van der Waals surface area contributed by atoms with Crippen LogP contribution in [0.4, 0.5) is 0 Å². The number of rotatable bonds is 3. The van der Waals surface area contributed by atoms with Crippen molar-refractivity contribution in [3.63, 3.8) is 0 Å². The second-order valence-electron chi connectivity index (χ2n) is 3.10. The second-order valence-corrected chi connectivity index (χ2v) is 4.35. The largest absolute Gasteiger partial charge is 0.461 e. The van der Waals surface area contributed by atoms with Gasteiger partial charge in [0.1, 0.15) is 15.9 Å². The molecule has 0 N–H and O–H groups in total. The Kier molecular flexibility index (Phi) is 3.71. The normalized spacial score (nSPS) is 10.2. The summed E-state index contributed by atoms with van der Waals surface area (Å²) in [5.41, 5.74) is 0.951. The number of nitrogens with zero attached hydrogens (tertiary/aromatic N) is 2. The third-order valence-corrected chi connectivity index (χ3v) is 3.00. The summed E-state index contributed by atoms with van der Waals surface area (Å²) in [6.07, 6.45) is 0. The van der Waals surface area contributed by atoms with Crippen LogP contribution in [0.15, 0.2) is 23.6 Å². The topological polar surface area (TPSA) is 52.1 Å². The Morgan fingerprint density at radius 2 is 2.29 bits per heavy atom. The summed E-state index contributed by atoms with van der Waals surface area (Å²) in [6.45, 7) is 2.09. The van der Waals surface area contributed by atoms with Gasteiger partial charge >= 0.3 is 5.97 Å². The molecular formula is C11H9ClN2O2S. The van der Waals surface area contributed by atoms with E-state index in [2.05, 4.69) is 9.97 Å². The maximum absolute atomic E-state index is 11.4. The van der Waals surface area contributed by atoms with E-state index in [1.54, 1.807) is 30.5 Å². The van der Waals surface area contributed by atoms with Crippen molar-refractivity contribution in [2.45, 2.75) is 6.92 Å². The molecule has 0 saturated heterocycles. The Bertz CT molecular complexity index is 542. The molecular weight excluding hydrogens is 260 g/mol. The van der Waals surface area contributed by atoms with Gasteiger partial charge in [0.15, 0.2) is 5.69 Å². The lowest BCUT2D eigenvalue weighted by atomic mass is 10.3. The fourth-order valence-electron chi connectivity index (χ4n) is 1.22. The van der Waals surface area contributed by atoms with E-state index in [4.69, 9.17) is 16.3 Å². The number of esters is 1. The van der Waals surface area contributed by atoms with Crippen molar-refractivity contribution in [1.82, 2.24) is 9.97 Å². The number of carbonyl (C=O) groups excluding carboxylic acids is 1. The highest BCUT2D eigenvalue weighted by Gasteiger charge is 2.13. The van der Waals surface area contributed by atoms with Crippen LogP contribution >= 0.6 is 22.9 Å². The molecule has 0 fully saturated rings. The van der Waals surface area contributed by atoms with Gasteiger partial charge in [-0.3, -0.25) is 0 Å². The fourth-order valence-corrected chi connectivity index (χ4v) is 2.14. The maximum atomic E-state index is 11.4. The van der Waals surface area contributed by atoms with E-state index < -0.39 is 5.97 Å². The van der Waals surface area contributed by atoms with Crippen LogP contribution in [0, 0.1) is 0 Å². The van der Waals surface area contributed by atoms with Crippen LogP contribution in [-0.4, -0.2) is 22.5 Å². The van der Waals surface area contributed by atoms with Crippen LogP contribution in [0.1, 0.15) is 17.4 Å². The number of hydrogen-bond acceptors (Lipinski definition) is 5. The van der Waals surface area contributed by atoms with Crippen molar-refractivity contribution in [2.24, 2.45) is 0 Å². The van der Waals surface area contributed by atoms with Crippen LogP contribution in [0.3, 0.4) is 0 Å². The first-order chi connectivity index (χ1) is 8.20. The predicted octanol–water partition coefficient (Wildman–Crippen LogP) is 3.04. The molecule has 0 aromatic carbocycles. The van der Waals surface area contributed by atoms with Crippen LogP contribution in [0.5, 0.6) is 0 Å². The number of carbonyl (C=O) groups is 1. The first-order valence-electron chi connectivity index (χ1n) is 4.96. The molecule has 0 unspecified atom stereocenters. The van der Waals surface area contributed by atoms with Crippen molar-refractivity contribution >= 4 is 28.9 Å². The minimum Gasteiger partial charge on any atom is -0.461 e. The molecule has 88 valence electrons. The average Bonchev–Trinajstić information content (AvgIpc) is 2.78. The summed E-state index contributed by atoms with van der Waals surface area (Å²) in [6, 6.07) is 5.26. The molecule has 0 aliphatic carbocycles. The highest BCUT2D eigenvalue weighted by Crippen LogP contribution is 2.23. The standard InChI is InChI=1S/C11H9ClN2O2S/c1-2-16-11(15)8-6-17-10(14-8)7-4-3-5-9(12)13-7/h3-6H,2H2,1H3. The van der Waals surface area contributed by atoms with Gasteiger partial charge in [-0.05, 0) is 19.1 Å². The molecule has 0 bridgehead atoms. The first-order valence-corrected chi connectivity index (χ1v) is 6.22. The number of ether oxygens (including phenoxy) is 1. The van der Waals surface area contributed by atoms with Gasteiger partial charge in [0.05, 0.1) is 6.61 Å². The van der Waals surface area contributed by atoms with E-state index in [9.17, 15) is 4.79 Å². The van der Waals surface area contributed by atoms with Gasteiger partial charge in [-0.2, -0.15) is 0 Å². The quantitative estimate of drug-likeness (QED) is 0.634. The van der Waals surface area contributed by atoms with Crippen molar-refractivity contribution in [3.05, 3.63) is 34.4 Å². The molecule has 0 radical (unpaired) electrons. The van der Waals surface area contributed by atoms with Crippen LogP contribution in [0.2, 0.25) is 5.15 Å². The molecule has 2 heterocycles. The number of halogens is 1. The molecule has 0 saturated carbocycles. The Balaban J connectivity index is 2.27. The van der Waals surface area contributed by atoms with Crippen LogP contribution < -0.4 is 0 Å². The first kappa shape index (κ1) is 12.0. The molecule has 2 aromatic heterocycles. The third kappa shape index (κ3) is 2.81. The Labute approximate surface area is 107 Å². The zero-order chi connectivity index (χ0) is 12.3. The van der Waals surface area contributed by atoms with Gasteiger partial charge in [0.2, 0.25) is 0 Å². The molecule has 4 nitrogen and oxygen atoms in total. The molecule has 0 aliphatic heterocycles. The smallest absolute Gasteiger partial charge is 0.357 e. The van der Waals surface area contributed by atoms with E-state index in [0.29, 0.717) is 28.2 Å². The zero-order valence-corrected chi connectivity index (χ0v) is 10.6. The van der Waals surface area contributed by atoms with Gasteiger partial charge in [0.25, 0.3) is 0 Å². The summed E-state index contributed by atoms with van der Waals surface area (Å²) < 4.78 is 4.86. The number of hydrogen-bond donors (Lipinski definition) is 0. The number of aromatic nitrogens is 2. The zero-order valence-electron chi connectivity index (χ0n) is 9.01. The van der Waals surface area contributed by atoms with Gasteiger partial charge in [-0.1, -0.05) is 17.7 Å². The van der Waals surface area contributed by atoms with Gasteiger partial charge in [-0.25, -0.2) is 14.8 Å². The van der Waals surface area contributed by atoms with Crippen molar-refractivity contribution < 1.29 is 9.53 Å². The lowest BCUT2D eigenvalue weighted by molar-refractivity contribution is 0.0520. The number of thiazole rings is 1. The second kappa shape index (κ2) is 5.25. The molecule has 17 heavy (non-hydrogen) atoms. The minimum atomic E-state index is -0.419. The molecule has 0 aliphatic rings. The Morgan fingerprint density at radius 1 is 1.47 bits per heavy atom. The van der Waals surface area contributed by atoms with Crippen LogP contribution in [-0.2, 0) is 4.74 Å². The maximum Gasteiger partial charge on any atom is 0.357 e. The SMILES string of the molecule is CCOC(=O)c1csc(-c2cccc(Cl)n2)n1. The fraction of sp³-hybridized carbons (Fsp3) is 0.182. The lowest BCUT2D eigenvalue weighted by Crippen LogP contribution is -2.04. The van der Waals surface area contributed by atoms with Gasteiger partial charge < -0.3 is 4.74 Å². The summed E-state index contributed by atoms with van der Waals surface area (Å²) >= 11 is 7.12. The highest BCUT2D eigenvalue weighted by molar-refractivity contribution is 7.13. The summed E-state index contributed by atoms with van der Waals surface area (Å²) in [5, 5.41) is 2.70. The Morgan fingerprint density at radius 3 is 3.00 bits per heavy atom. The molecule has 2 rings (SSSR count). The minimum absolute atomic E-state index is 0.300. The van der Waals surface area contributed by atoms with E-state index in [-0.39, 0.29) is 0 Å². The summed E-state index contributed by atoms with van der Waals surface area (Å²) in [4.78, 5) is 19.7. The molecule has 6 heteroatoms. The highest BCUT2D eigenvalue weighted by atomic mass is 35.5. The molecule has 0 spiro atoms. The lowest BCUT2D eigenvalue weighted by Gasteiger charge is -1.97. The van der Waals surface area contributed by atoms with Crippen molar-refractivity contribution in [3.8, 4) is 10.7 Å². The number of pyridine rings is 1. The molecule has 2 aromatic rings. The van der Waals surface area contributed by atoms with Crippen LogP contribution in [0.25, 0.3) is 10.7 Å². The summed E-state index contributed by atoms with van der Waals surface area (Å²) in [7, 11) is 0. The van der Waals surface area contributed by atoms with E-state index in [0.717, 1.165) is 0 Å². The van der Waals surface area contributed by atoms with Crippen molar-refractivity contribution in [1.29, 1.82) is 0 Å². The van der Waals surface area contributed by atoms with Gasteiger partial charge in [0, 0.05) is 5.38 Å². The van der Waals surface area contributed by atoms with E-state index in [1.807, 2.05) is 0 Å². The van der Waals surface area contributed by atoms with E-state index in [1.165, 1.54) is 11.3 Å². The predicted molar refractivity (Wildman–Crippen MR) is 66.3 cm³/mol. The molecule has 0 atom stereocenters. The molecule has 0 amide bonds. The monoisotopic (exact) mass is 268 g/mol.